The second-order valence-corrected chi connectivity index (χ2v) is 9.64. The van der Waals surface area contributed by atoms with Gasteiger partial charge in [-0.1, -0.05) is 37.2 Å². The third-order valence-corrected chi connectivity index (χ3v) is 7.25. The number of anilines is 1. The van der Waals surface area contributed by atoms with Crippen LogP contribution in [0.15, 0.2) is 57.9 Å². The van der Waals surface area contributed by atoms with Crippen LogP contribution < -0.4 is 9.64 Å². The normalized spacial score (nSPS) is 15.4. The molecule has 3 aromatic rings. The molecule has 0 spiro atoms. The maximum Gasteiger partial charge on any atom is 0.261 e. The summed E-state index contributed by atoms with van der Waals surface area (Å²) in [5.74, 6) is 1.37. The molecule has 0 saturated carbocycles. The number of para-hydroxylation sites is 1. The van der Waals surface area contributed by atoms with Crippen molar-refractivity contribution < 1.29 is 17.7 Å². The molecule has 1 fully saturated rings. The third-order valence-electron chi connectivity index (χ3n) is 5.36. The molecule has 1 aliphatic rings. The molecule has 0 aliphatic carbocycles. The van der Waals surface area contributed by atoms with Crippen molar-refractivity contribution in [2.24, 2.45) is 0 Å². The van der Waals surface area contributed by atoms with Gasteiger partial charge >= 0.3 is 0 Å². The molecule has 1 aromatic heterocycles. The number of aromatic nitrogens is 2. The van der Waals surface area contributed by atoms with Crippen LogP contribution in [-0.2, 0) is 10.0 Å². The fraction of sp³-hybridized carbons (Fsp3) is 0.364. The molecule has 9 heteroatoms. The van der Waals surface area contributed by atoms with Crippen LogP contribution in [0, 0.1) is 0 Å². The molecule has 164 valence electrons. The number of ether oxygens (including phenoxy) is 1. The molecule has 1 aliphatic heterocycles. The van der Waals surface area contributed by atoms with Crippen molar-refractivity contribution in [3.8, 4) is 17.2 Å². The summed E-state index contributed by atoms with van der Waals surface area (Å²) in [6.07, 6.45) is 0. The zero-order valence-corrected chi connectivity index (χ0v) is 18.7. The topological polar surface area (TPSA) is 88.8 Å². The van der Waals surface area contributed by atoms with Crippen molar-refractivity contribution in [2.45, 2.75) is 24.7 Å². The third kappa shape index (κ3) is 4.28. The van der Waals surface area contributed by atoms with E-state index in [2.05, 4.69) is 15.0 Å². The zero-order chi connectivity index (χ0) is 22.0. The predicted molar refractivity (Wildman–Crippen MR) is 118 cm³/mol. The Balaban J connectivity index is 1.58. The highest BCUT2D eigenvalue weighted by Gasteiger charge is 2.30. The van der Waals surface area contributed by atoms with Crippen molar-refractivity contribution >= 4 is 15.7 Å². The first kappa shape index (κ1) is 21.3. The number of rotatable bonds is 6. The van der Waals surface area contributed by atoms with Crippen LogP contribution in [0.2, 0.25) is 0 Å². The molecule has 1 saturated heterocycles. The van der Waals surface area contributed by atoms with Gasteiger partial charge < -0.3 is 14.2 Å². The van der Waals surface area contributed by atoms with E-state index in [0.717, 1.165) is 5.69 Å². The van der Waals surface area contributed by atoms with Crippen molar-refractivity contribution in [2.75, 3.05) is 38.2 Å². The smallest absolute Gasteiger partial charge is 0.261 e. The lowest BCUT2D eigenvalue weighted by atomic mass is 10.2. The molecule has 2 heterocycles. The molecular formula is C22H26N4O4S. The standard InChI is InChI=1S/C22H26N4O4S/c1-16(2)21-23-22(30-24-21)19-15-18(9-10-20(19)29-3)31(27,28)26-13-11-25(12-14-26)17-7-5-4-6-8-17/h4-10,15-16H,11-14H2,1-3H3. The number of piperazine rings is 1. The van der Waals surface area contributed by atoms with Crippen LogP contribution in [0.4, 0.5) is 5.69 Å². The van der Waals surface area contributed by atoms with E-state index in [0.29, 0.717) is 43.3 Å². The van der Waals surface area contributed by atoms with E-state index in [1.165, 1.54) is 11.4 Å². The van der Waals surface area contributed by atoms with Crippen molar-refractivity contribution in [1.82, 2.24) is 14.4 Å². The number of nitrogens with zero attached hydrogens (tertiary/aromatic N) is 4. The monoisotopic (exact) mass is 442 g/mol. The average molecular weight is 443 g/mol. The van der Waals surface area contributed by atoms with E-state index in [4.69, 9.17) is 9.26 Å². The minimum atomic E-state index is -3.67. The number of sulfonamides is 1. The number of benzene rings is 2. The second kappa shape index (κ2) is 8.68. The second-order valence-electron chi connectivity index (χ2n) is 7.70. The summed E-state index contributed by atoms with van der Waals surface area (Å²) >= 11 is 0. The number of hydrogen-bond donors (Lipinski definition) is 0. The molecule has 0 bridgehead atoms. The first-order chi connectivity index (χ1) is 14.9. The van der Waals surface area contributed by atoms with Gasteiger partial charge in [-0.05, 0) is 30.3 Å². The van der Waals surface area contributed by atoms with Crippen molar-refractivity contribution in [3.63, 3.8) is 0 Å². The fourth-order valence-electron chi connectivity index (χ4n) is 3.57. The quantitative estimate of drug-likeness (QED) is 0.578. The van der Waals surface area contributed by atoms with E-state index in [1.54, 1.807) is 18.2 Å². The molecule has 31 heavy (non-hydrogen) atoms. The molecule has 0 unspecified atom stereocenters. The molecule has 0 radical (unpaired) electrons. The van der Waals surface area contributed by atoms with E-state index in [-0.39, 0.29) is 16.7 Å². The van der Waals surface area contributed by atoms with E-state index < -0.39 is 10.0 Å². The molecule has 0 N–H and O–H groups in total. The van der Waals surface area contributed by atoms with Gasteiger partial charge in [0.25, 0.3) is 5.89 Å². The van der Waals surface area contributed by atoms with Crippen molar-refractivity contribution in [1.29, 1.82) is 0 Å². The van der Waals surface area contributed by atoms with Gasteiger partial charge in [0.2, 0.25) is 10.0 Å². The summed E-state index contributed by atoms with van der Waals surface area (Å²) in [5.41, 5.74) is 1.56. The highest BCUT2D eigenvalue weighted by atomic mass is 32.2. The Hall–Kier alpha value is -2.91. The Morgan fingerprint density at radius 3 is 2.35 bits per heavy atom. The average Bonchev–Trinajstić information content (AvgIpc) is 3.30. The van der Waals surface area contributed by atoms with Gasteiger partial charge in [0.1, 0.15) is 5.75 Å². The largest absolute Gasteiger partial charge is 0.496 e. The highest BCUT2D eigenvalue weighted by Crippen LogP contribution is 2.33. The minimum Gasteiger partial charge on any atom is -0.496 e. The molecule has 8 nitrogen and oxygen atoms in total. The van der Waals surface area contributed by atoms with Gasteiger partial charge in [-0.25, -0.2) is 8.42 Å². The summed E-state index contributed by atoms with van der Waals surface area (Å²) < 4.78 is 39.0. The summed E-state index contributed by atoms with van der Waals surface area (Å²) in [4.78, 5) is 6.77. The predicted octanol–water partition coefficient (Wildman–Crippen LogP) is 3.38. The van der Waals surface area contributed by atoms with E-state index >= 15 is 0 Å². The lowest BCUT2D eigenvalue weighted by molar-refractivity contribution is 0.384. The van der Waals surface area contributed by atoms with Crippen LogP contribution in [0.25, 0.3) is 11.5 Å². The Kier molecular flexibility index (Phi) is 5.97. The first-order valence-electron chi connectivity index (χ1n) is 10.2. The molecular weight excluding hydrogens is 416 g/mol. The van der Waals surface area contributed by atoms with Crippen LogP contribution in [0.3, 0.4) is 0 Å². The van der Waals surface area contributed by atoms with Crippen LogP contribution in [0.5, 0.6) is 5.75 Å². The number of methoxy groups -OCH3 is 1. The van der Waals surface area contributed by atoms with Crippen LogP contribution in [0.1, 0.15) is 25.6 Å². The van der Waals surface area contributed by atoms with Gasteiger partial charge in [-0.15, -0.1) is 0 Å². The minimum absolute atomic E-state index is 0.0938. The molecule has 0 amide bonds. The Morgan fingerprint density at radius 2 is 1.74 bits per heavy atom. The Morgan fingerprint density at radius 1 is 1.03 bits per heavy atom. The van der Waals surface area contributed by atoms with Gasteiger partial charge in [0.05, 0.1) is 17.6 Å². The molecule has 2 aromatic carbocycles. The molecule has 0 atom stereocenters. The summed E-state index contributed by atoms with van der Waals surface area (Å²) in [6, 6.07) is 14.8. The Labute approximate surface area is 182 Å². The maximum atomic E-state index is 13.3. The highest BCUT2D eigenvalue weighted by molar-refractivity contribution is 7.89. The Bertz CT molecular complexity index is 1140. The zero-order valence-electron chi connectivity index (χ0n) is 17.9. The summed E-state index contributed by atoms with van der Waals surface area (Å²) in [5, 5.41) is 3.98. The van der Waals surface area contributed by atoms with Crippen molar-refractivity contribution in [3.05, 3.63) is 54.4 Å². The number of hydrogen-bond acceptors (Lipinski definition) is 7. The summed E-state index contributed by atoms with van der Waals surface area (Å²) in [6.45, 7) is 6.01. The van der Waals surface area contributed by atoms with E-state index in [1.807, 2.05) is 44.2 Å². The molecule has 4 rings (SSSR count). The van der Waals surface area contributed by atoms with Gasteiger partial charge in [0, 0.05) is 37.8 Å². The van der Waals surface area contributed by atoms with E-state index in [9.17, 15) is 8.42 Å². The van der Waals surface area contributed by atoms with Gasteiger partial charge in [0.15, 0.2) is 5.82 Å². The SMILES string of the molecule is COc1ccc(S(=O)(=O)N2CCN(c3ccccc3)CC2)cc1-c1nc(C(C)C)no1. The lowest BCUT2D eigenvalue weighted by Crippen LogP contribution is -2.48. The van der Waals surface area contributed by atoms with Gasteiger partial charge in [-0.2, -0.15) is 9.29 Å². The fourth-order valence-corrected chi connectivity index (χ4v) is 5.02. The lowest BCUT2D eigenvalue weighted by Gasteiger charge is -2.35. The first-order valence-corrected chi connectivity index (χ1v) is 11.7. The van der Waals surface area contributed by atoms with Crippen LogP contribution in [-0.4, -0.2) is 56.2 Å². The van der Waals surface area contributed by atoms with Crippen LogP contribution >= 0.6 is 0 Å². The summed E-state index contributed by atoms with van der Waals surface area (Å²) in [7, 11) is -2.15. The maximum absolute atomic E-state index is 13.3. The van der Waals surface area contributed by atoms with Gasteiger partial charge in [-0.3, -0.25) is 0 Å².